The van der Waals surface area contributed by atoms with Gasteiger partial charge in [-0.05, 0) is 43.4 Å². The van der Waals surface area contributed by atoms with Gasteiger partial charge in [-0.25, -0.2) is 8.78 Å². The number of likely N-dealkylation sites (tertiary alicyclic amines) is 1. The van der Waals surface area contributed by atoms with Crippen molar-refractivity contribution in [3.05, 3.63) is 29.8 Å². The molecule has 1 aromatic rings. The van der Waals surface area contributed by atoms with E-state index in [0.29, 0.717) is 5.41 Å². The predicted molar refractivity (Wildman–Crippen MR) is 82.0 cm³/mol. The van der Waals surface area contributed by atoms with Crippen molar-refractivity contribution in [1.29, 1.82) is 0 Å². The Labute approximate surface area is 130 Å². The predicted octanol–water partition coefficient (Wildman–Crippen LogP) is 2.81. The summed E-state index contributed by atoms with van der Waals surface area (Å²) in [4.78, 5) is 2.48. The summed E-state index contributed by atoms with van der Waals surface area (Å²) in [5.41, 5.74) is 0.372. The van der Waals surface area contributed by atoms with Gasteiger partial charge in [0.2, 0.25) is 0 Å². The van der Waals surface area contributed by atoms with Crippen LogP contribution in [-0.2, 0) is 0 Å². The third kappa shape index (κ3) is 3.76. The zero-order chi connectivity index (χ0) is 15.6. The van der Waals surface area contributed by atoms with E-state index < -0.39 is 11.6 Å². The van der Waals surface area contributed by atoms with E-state index in [1.54, 1.807) is 0 Å². The van der Waals surface area contributed by atoms with Gasteiger partial charge < -0.3 is 15.0 Å². The van der Waals surface area contributed by atoms with Crippen LogP contribution in [-0.4, -0.2) is 43.7 Å². The lowest BCUT2D eigenvalue weighted by molar-refractivity contribution is 0.0751. The van der Waals surface area contributed by atoms with Crippen LogP contribution in [0.4, 0.5) is 8.78 Å². The number of piperidine rings is 1. The molecule has 2 saturated heterocycles. The Hall–Kier alpha value is -1.20. The van der Waals surface area contributed by atoms with Gasteiger partial charge in [0, 0.05) is 32.2 Å². The first-order chi connectivity index (χ1) is 10.5. The Morgan fingerprint density at radius 3 is 2.73 bits per heavy atom. The molecule has 2 fully saturated rings. The number of benzene rings is 1. The fraction of sp³-hybridized carbons (Fsp3) is 0.647. The SMILES string of the molecule is CC1(CN2CCC(Oc3ccc(F)cc3F)CC2)CCNC1. The average molecular weight is 310 g/mol. The van der Waals surface area contributed by atoms with Gasteiger partial charge in [-0.2, -0.15) is 0 Å². The largest absolute Gasteiger partial charge is 0.487 e. The van der Waals surface area contributed by atoms with Crippen LogP contribution in [0.25, 0.3) is 0 Å². The van der Waals surface area contributed by atoms with Crippen molar-refractivity contribution >= 4 is 0 Å². The maximum atomic E-state index is 13.6. The Morgan fingerprint density at radius 1 is 1.32 bits per heavy atom. The topological polar surface area (TPSA) is 24.5 Å². The van der Waals surface area contributed by atoms with Crippen LogP contribution in [0, 0.1) is 17.0 Å². The highest BCUT2D eigenvalue weighted by molar-refractivity contribution is 5.25. The molecule has 122 valence electrons. The fourth-order valence-electron chi connectivity index (χ4n) is 3.48. The van der Waals surface area contributed by atoms with Gasteiger partial charge in [0.25, 0.3) is 0 Å². The summed E-state index contributed by atoms with van der Waals surface area (Å²) < 4.78 is 32.2. The second-order valence-corrected chi connectivity index (χ2v) is 6.91. The van der Waals surface area contributed by atoms with Gasteiger partial charge in [-0.15, -0.1) is 0 Å². The van der Waals surface area contributed by atoms with Crippen molar-refractivity contribution in [3.8, 4) is 5.75 Å². The molecule has 0 saturated carbocycles. The number of ether oxygens (including phenoxy) is 1. The van der Waals surface area contributed by atoms with E-state index in [1.165, 1.54) is 18.6 Å². The smallest absolute Gasteiger partial charge is 0.167 e. The Balaban J connectivity index is 1.49. The lowest BCUT2D eigenvalue weighted by Gasteiger charge is -2.37. The standard InChI is InChI=1S/C17H24F2N2O/c1-17(6-7-20-11-17)12-21-8-4-14(5-9-21)22-16-3-2-13(18)10-15(16)19/h2-3,10,14,20H,4-9,11-12H2,1H3. The highest BCUT2D eigenvalue weighted by atomic mass is 19.1. The molecule has 2 aliphatic heterocycles. The van der Waals surface area contributed by atoms with Gasteiger partial charge in [0.05, 0.1) is 0 Å². The highest BCUT2D eigenvalue weighted by Gasteiger charge is 2.32. The minimum Gasteiger partial charge on any atom is -0.487 e. The first-order valence-electron chi connectivity index (χ1n) is 8.09. The summed E-state index contributed by atoms with van der Waals surface area (Å²) in [5, 5.41) is 3.43. The van der Waals surface area contributed by atoms with Crippen LogP contribution in [0.2, 0.25) is 0 Å². The monoisotopic (exact) mass is 310 g/mol. The maximum Gasteiger partial charge on any atom is 0.167 e. The normalized spacial score (nSPS) is 27.2. The molecule has 1 aromatic carbocycles. The fourth-order valence-corrected chi connectivity index (χ4v) is 3.48. The molecule has 0 amide bonds. The first kappa shape index (κ1) is 15.7. The molecule has 22 heavy (non-hydrogen) atoms. The average Bonchev–Trinajstić information content (AvgIpc) is 2.90. The van der Waals surface area contributed by atoms with E-state index >= 15 is 0 Å². The first-order valence-corrected chi connectivity index (χ1v) is 8.09. The number of hydrogen-bond acceptors (Lipinski definition) is 3. The van der Waals surface area contributed by atoms with Crippen molar-refractivity contribution in [2.75, 3.05) is 32.7 Å². The van der Waals surface area contributed by atoms with E-state index in [2.05, 4.69) is 17.1 Å². The zero-order valence-corrected chi connectivity index (χ0v) is 13.1. The number of nitrogens with zero attached hydrogens (tertiary/aromatic N) is 1. The van der Waals surface area contributed by atoms with Crippen molar-refractivity contribution in [3.63, 3.8) is 0 Å². The van der Waals surface area contributed by atoms with E-state index in [4.69, 9.17) is 4.74 Å². The summed E-state index contributed by atoms with van der Waals surface area (Å²) in [7, 11) is 0. The van der Waals surface area contributed by atoms with Crippen LogP contribution in [0.1, 0.15) is 26.2 Å². The van der Waals surface area contributed by atoms with E-state index in [-0.39, 0.29) is 11.9 Å². The molecule has 1 atom stereocenters. The van der Waals surface area contributed by atoms with Crippen LogP contribution in [0.5, 0.6) is 5.75 Å². The van der Waals surface area contributed by atoms with Crippen LogP contribution >= 0.6 is 0 Å². The maximum absolute atomic E-state index is 13.6. The van der Waals surface area contributed by atoms with Crippen molar-refractivity contribution < 1.29 is 13.5 Å². The summed E-state index contributed by atoms with van der Waals surface area (Å²) in [6, 6.07) is 3.49. The summed E-state index contributed by atoms with van der Waals surface area (Å²) in [6.07, 6.45) is 3.02. The molecule has 0 radical (unpaired) electrons. The summed E-state index contributed by atoms with van der Waals surface area (Å²) in [6.45, 7) is 7.59. The molecule has 0 bridgehead atoms. The minimum atomic E-state index is -0.619. The molecule has 2 aliphatic rings. The van der Waals surface area contributed by atoms with Gasteiger partial charge >= 0.3 is 0 Å². The van der Waals surface area contributed by atoms with Crippen molar-refractivity contribution in [1.82, 2.24) is 10.2 Å². The lowest BCUT2D eigenvalue weighted by atomic mass is 9.88. The molecule has 0 aliphatic carbocycles. The summed E-state index contributed by atoms with van der Waals surface area (Å²) >= 11 is 0. The Morgan fingerprint density at radius 2 is 2.09 bits per heavy atom. The number of nitrogens with one attached hydrogen (secondary N) is 1. The van der Waals surface area contributed by atoms with Gasteiger partial charge in [-0.1, -0.05) is 6.92 Å². The van der Waals surface area contributed by atoms with E-state index in [1.807, 2.05) is 0 Å². The Bertz CT molecular complexity index is 509. The molecule has 2 heterocycles. The molecular weight excluding hydrogens is 286 g/mol. The Kier molecular flexibility index (Phi) is 4.64. The molecule has 1 N–H and O–H groups in total. The lowest BCUT2D eigenvalue weighted by Crippen LogP contribution is -2.44. The second kappa shape index (κ2) is 6.50. The van der Waals surface area contributed by atoms with Crippen molar-refractivity contribution in [2.24, 2.45) is 5.41 Å². The molecule has 3 rings (SSSR count). The van der Waals surface area contributed by atoms with Crippen LogP contribution in [0.15, 0.2) is 18.2 Å². The molecule has 0 spiro atoms. The quantitative estimate of drug-likeness (QED) is 0.925. The molecule has 0 aromatic heterocycles. The minimum absolute atomic E-state index is 0.0192. The zero-order valence-electron chi connectivity index (χ0n) is 13.1. The molecule has 1 unspecified atom stereocenters. The van der Waals surface area contributed by atoms with Gasteiger partial charge in [0.1, 0.15) is 11.9 Å². The molecule has 5 heteroatoms. The van der Waals surface area contributed by atoms with E-state index in [9.17, 15) is 8.78 Å². The molecule has 3 nitrogen and oxygen atoms in total. The third-order valence-corrected chi connectivity index (χ3v) is 4.78. The number of halogens is 2. The number of hydrogen-bond donors (Lipinski definition) is 1. The van der Waals surface area contributed by atoms with Crippen molar-refractivity contribution in [2.45, 2.75) is 32.3 Å². The van der Waals surface area contributed by atoms with E-state index in [0.717, 1.165) is 51.6 Å². The summed E-state index contributed by atoms with van der Waals surface area (Å²) in [5.74, 6) is -1.03. The van der Waals surface area contributed by atoms with Gasteiger partial charge in [0.15, 0.2) is 11.6 Å². The van der Waals surface area contributed by atoms with Crippen LogP contribution < -0.4 is 10.1 Å². The molecular formula is C17H24F2N2O. The van der Waals surface area contributed by atoms with Gasteiger partial charge in [-0.3, -0.25) is 0 Å². The number of rotatable bonds is 4. The third-order valence-electron chi connectivity index (χ3n) is 4.78. The highest BCUT2D eigenvalue weighted by Crippen LogP contribution is 2.28. The van der Waals surface area contributed by atoms with Crippen LogP contribution in [0.3, 0.4) is 0 Å². The second-order valence-electron chi connectivity index (χ2n) is 6.91.